The molecule has 85 heavy (non-hydrogen) atoms. The summed E-state index contributed by atoms with van der Waals surface area (Å²) in [5, 5.41) is 223. The van der Waals surface area contributed by atoms with Crippen LogP contribution < -0.4 is 0 Å². The van der Waals surface area contributed by atoms with E-state index in [2.05, 4.69) is 0 Å². The molecule has 36 heteroatoms. The molecule has 0 radical (unpaired) electrons. The minimum Gasteiger partial charge on any atom is -0.459 e. The highest BCUT2D eigenvalue weighted by atomic mass is 16.8. The number of hydrogen-bond donors (Lipinski definition) is 20. The fourth-order valence-electron chi connectivity index (χ4n) is 11.2. The molecule has 1 aromatic carbocycles. The normalized spacial score (nSPS) is 51.1. The molecular formula is C49H74O36. The summed E-state index contributed by atoms with van der Waals surface area (Å²) in [6.07, 6.45) is -71.5. The zero-order valence-electron chi connectivity index (χ0n) is 44.5. The van der Waals surface area contributed by atoms with Gasteiger partial charge in [-0.1, -0.05) is 18.2 Å². The molecule has 486 valence electrons. The summed E-state index contributed by atoms with van der Waals surface area (Å²) in [5.41, 5.74) is 0.0217. The molecule has 14 bridgehead atoms. The number of hydrogen-bond acceptors (Lipinski definition) is 36. The van der Waals surface area contributed by atoms with Gasteiger partial charge in [0.15, 0.2) is 44.0 Å². The van der Waals surface area contributed by atoms with E-state index in [1.165, 1.54) is 24.3 Å². The lowest BCUT2D eigenvalue weighted by Gasteiger charge is -2.50. The van der Waals surface area contributed by atoms with Gasteiger partial charge in [0.2, 0.25) is 0 Å². The number of carbonyl (C=O) groups is 1. The predicted octanol–water partition coefficient (Wildman–Crippen LogP) is -13.4. The van der Waals surface area contributed by atoms with E-state index in [4.69, 9.17) is 71.1 Å². The van der Waals surface area contributed by atoms with Crippen LogP contribution in [0.5, 0.6) is 0 Å². The Balaban J connectivity index is 1.02. The summed E-state index contributed by atoms with van der Waals surface area (Å²) in [6, 6.07) is 7.39. The Morgan fingerprint density at radius 1 is 0.282 bits per heavy atom. The topological polar surface area (TPSA) is 560 Å². The van der Waals surface area contributed by atoms with E-state index in [9.17, 15) is 107 Å². The van der Waals surface area contributed by atoms with Crippen LogP contribution in [0.25, 0.3) is 0 Å². The molecule has 0 amide bonds. The Hall–Kier alpha value is -2.67. The summed E-state index contributed by atoms with van der Waals surface area (Å²) in [4.78, 5) is 13.2. The number of rotatable bonds is 9. The fourth-order valence-corrected chi connectivity index (χ4v) is 11.2. The minimum atomic E-state index is -2.27. The van der Waals surface area contributed by atoms with Gasteiger partial charge in [-0.15, -0.1) is 0 Å². The standard InChI is InChI=1S/C49H74O36/c50-6-14-35-22(57)29(64)44(73-14)81-37-16(8-52)75-46(31(66)24(37)59)83-39-18(10-54)77-48(33(68)26(39)61)85-41-20(12-71-42(70)13-4-2-1-3-5-13)78-49(34(69)27(41)62)84-40-19(11-55)76-47(32(67)25(40)60)82-38-17(9-53)74-45(30(65)23(38)58)80-36-15(7-51)72-43(79-35)28(63)21(36)56/h1-5,14-41,43-69H,6-12H2/t14-,15-,16-,17-,18-,19-,20-,21+,22+,23+,24+,25+,26+,27+,28-,29-,30-,31-,32-,33-,34-,35+,36+,37+,38+,39+,40+,41+,43-,44-,45-,46-,47-,48-,49-/m1/s1. The molecule has 22 rings (SSSR count). The lowest BCUT2D eigenvalue weighted by Crippen LogP contribution is -2.68. The molecule has 0 aromatic heterocycles. The number of benzene rings is 1. The first kappa shape index (κ1) is 66.7. The molecule has 35 atom stereocenters. The second kappa shape index (κ2) is 28.7. The van der Waals surface area contributed by atoms with Crippen LogP contribution in [0.4, 0.5) is 0 Å². The third-order valence-corrected chi connectivity index (χ3v) is 16.0. The lowest BCUT2D eigenvalue weighted by molar-refractivity contribution is -0.396. The summed E-state index contributed by atoms with van der Waals surface area (Å²) >= 11 is 0. The highest BCUT2D eigenvalue weighted by molar-refractivity contribution is 5.89. The Labute approximate surface area is 480 Å². The van der Waals surface area contributed by atoms with Crippen molar-refractivity contribution in [2.75, 3.05) is 46.2 Å². The zero-order chi connectivity index (χ0) is 61.5. The first-order valence-electron chi connectivity index (χ1n) is 27.2. The van der Waals surface area contributed by atoms with E-state index < -0.39 is 267 Å². The second-order valence-corrected chi connectivity index (χ2v) is 21.4. The van der Waals surface area contributed by atoms with Crippen LogP contribution in [0.3, 0.4) is 0 Å². The van der Waals surface area contributed by atoms with Crippen molar-refractivity contribution in [1.82, 2.24) is 0 Å². The van der Waals surface area contributed by atoms with Crippen molar-refractivity contribution in [1.29, 1.82) is 0 Å². The SMILES string of the molecule is O=C(OC[C@H]1O[C@@H]2O[C@@H]3[C@@H](O)[C@@H](O)[C@@H](O[C@@H]4[C@@H](O)[C@@H](O)[C@@H](O[C@@H]5[C@@H](O)[C@@H](O)[C@@H](O[C@@H]6[C@@H](O)[C@@H](O)[C@@H](O[C@@H]7[C@@H](O)[C@@H](O)[C@@H](O[C@@H]8[C@@H](O)[C@@H](O)[C@@H](O[C@@H]1[C@@H](O)[C@H]2O)O[C@@H]8CO)O[C@@H]7CO)O[C@@H]6CO)O[C@@H]5CO)O[C@@H]4CO)O[C@@H]3CO)c1ccccc1. The quantitative estimate of drug-likeness (QED) is 0.102. The average molecular weight is 1240 g/mol. The smallest absolute Gasteiger partial charge is 0.338 e. The van der Waals surface area contributed by atoms with Crippen LogP contribution in [0.2, 0.25) is 0 Å². The monoisotopic (exact) mass is 1240 g/mol. The van der Waals surface area contributed by atoms with Crippen LogP contribution in [-0.4, -0.2) is 369 Å². The van der Waals surface area contributed by atoms with Crippen molar-refractivity contribution in [3.05, 3.63) is 35.9 Å². The van der Waals surface area contributed by atoms with Gasteiger partial charge in [-0.25, -0.2) is 4.79 Å². The Morgan fingerprint density at radius 2 is 0.471 bits per heavy atom. The molecule has 0 spiro atoms. The lowest BCUT2D eigenvalue weighted by atomic mass is 9.95. The van der Waals surface area contributed by atoms with Gasteiger partial charge in [0.1, 0.15) is 178 Å². The van der Waals surface area contributed by atoms with Crippen molar-refractivity contribution < 1.29 is 178 Å². The number of aliphatic hydroxyl groups is 20. The van der Waals surface area contributed by atoms with Gasteiger partial charge in [0, 0.05) is 0 Å². The maximum absolute atomic E-state index is 13.2. The van der Waals surface area contributed by atoms with Gasteiger partial charge >= 0.3 is 5.97 Å². The first-order valence-corrected chi connectivity index (χ1v) is 27.2. The van der Waals surface area contributed by atoms with Gasteiger partial charge in [0.25, 0.3) is 0 Å². The summed E-state index contributed by atoms with van der Waals surface area (Å²) in [7, 11) is 0. The molecule has 21 aliphatic heterocycles. The van der Waals surface area contributed by atoms with Crippen molar-refractivity contribution >= 4 is 5.97 Å². The molecule has 36 nitrogen and oxygen atoms in total. The molecular weight excluding hydrogens is 1160 g/mol. The summed E-state index contributed by atoms with van der Waals surface area (Å²) in [5.74, 6) is -0.962. The van der Waals surface area contributed by atoms with E-state index in [1.54, 1.807) is 6.07 Å². The second-order valence-electron chi connectivity index (χ2n) is 21.4. The Morgan fingerprint density at radius 3 is 0.671 bits per heavy atom. The van der Waals surface area contributed by atoms with E-state index in [1.807, 2.05) is 0 Å². The van der Waals surface area contributed by atoms with Crippen LogP contribution in [-0.2, 0) is 71.1 Å². The van der Waals surface area contributed by atoms with Crippen molar-refractivity contribution in [3.63, 3.8) is 0 Å². The molecule has 21 aliphatic rings. The predicted molar refractivity (Wildman–Crippen MR) is 258 cm³/mol. The zero-order valence-corrected chi connectivity index (χ0v) is 44.5. The average Bonchev–Trinajstić information content (AvgIpc) is 2.31. The van der Waals surface area contributed by atoms with E-state index in [0.717, 1.165) is 0 Å². The fraction of sp³-hybridized carbons (Fsp3) is 0.857. The molecule has 21 heterocycles. The maximum Gasteiger partial charge on any atom is 0.338 e. The van der Waals surface area contributed by atoms with E-state index in [-0.39, 0.29) is 5.56 Å². The third kappa shape index (κ3) is 13.6. The number of aliphatic hydroxyl groups excluding tert-OH is 20. The molecule has 0 aliphatic carbocycles. The highest BCUT2D eigenvalue weighted by Crippen LogP contribution is 2.39. The molecule has 21 saturated heterocycles. The van der Waals surface area contributed by atoms with E-state index in [0.29, 0.717) is 0 Å². The highest BCUT2D eigenvalue weighted by Gasteiger charge is 2.59. The van der Waals surface area contributed by atoms with Crippen molar-refractivity contribution in [3.8, 4) is 0 Å². The number of carbonyl (C=O) groups excluding carboxylic acids is 1. The van der Waals surface area contributed by atoms with Crippen molar-refractivity contribution in [2.45, 2.75) is 215 Å². The molecule has 0 unspecified atom stereocenters. The van der Waals surface area contributed by atoms with Gasteiger partial charge in [-0.3, -0.25) is 0 Å². The molecule has 1 aromatic rings. The van der Waals surface area contributed by atoms with Crippen LogP contribution >= 0.6 is 0 Å². The molecule has 20 N–H and O–H groups in total. The molecule has 0 saturated carbocycles. The Kier molecular flexibility index (Phi) is 22.5. The van der Waals surface area contributed by atoms with Gasteiger partial charge in [0.05, 0.1) is 45.2 Å². The van der Waals surface area contributed by atoms with Gasteiger partial charge in [-0.2, -0.15) is 0 Å². The molecule has 21 fully saturated rings. The Bertz CT molecular complexity index is 2230. The number of esters is 1. The summed E-state index contributed by atoms with van der Waals surface area (Å²) < 4.78 is 86.2. The van der Waals surface area contributed by atoms with Gasteiger partial charge in [-0.05, 0) is 12.1 Å². The largest absolute Gasteiger partial charge is 0.459 e. The third-order valence-electron chi connectivity index (χ3n) is 16.0. The maximum atomic E-state index is 13.2. The van der Waals surface area contributed by atoms with Crippen LogP contribution in [0.15, 0.2) is 30.3 Å². The minimum absolute atomic E-state index is 0.0217. The first-order chi connectivity index (χ1) is 40.6. The summed E-state index contributed by atoms with van der Waals surface area (Å²) in [6.45, 7) is -7.28. The van der Waals surface area contributed by atoms with Crippen molar-refractivity contribution in [2.24, 2.45) is 0 Å². The van der Waals surface area contributed by atoms with Crippen LogP contribution in [0.1, 0.15) is 10.4 Å². The van der Waals surface area contributed by atoms with Crippen LogP contribution in [0, 0.1) is 0 Å². The number of ether oxygens (including phenoxy) is 15. The van der Waals surface area contributed by atoms with Gasteiger partial charge < -0.3 is 173 Å². The van der Waals surface area contributed by atoms with E-state index >= 15 is 0 Å².